The molecule has 1 heterocycles. The summed E-state index contributed by atoms with van der Waals surface area (Å²) in [5.41, 5.74) is 0. The number of rotatable bonds is 5. The number of thioether (sulfide) groups is 1. The van der Waals surface area contributed by atoms with Crippen molar-refractivity contribution >= 4 is 29.3 Å². The van der Waals surface area contributed by atoms with Crippen LogP contribution in [0.1, 0.15) is 24.4 Å². The topological polar surface area (TPSA) is 42.2 Å². The molecule has 0 saturated heterocycles. The maximum atomic E-state index is 11.6. The lowest BCUT2D eigenvalue weighted by Gasteiger charge is -2.11. The van der Waals surface area contributed by atoms with Gasteiger partial charge in [-0.05, 0) is 36.4 Å². The maximum absolute atomic E-state index is 11.6. The lowest BCUT2D eigenvalue weighted by molar-refractivity contribution is 0.0916. The van der Waals surface area contributed by atoms with Crippen LogP contribution in [-0.2, 0) is 0 Å². The summed E-state index contributed by atoms with van der Waals surface area (Å²) in [6.07, 6.45) is 0. The first-order valence-corrected chi connectivity index (χ1v) is 6.30. The van der Waals surface area contributed by atoms with Crippen LogP contribution in [0.5, 0.6) is 0 Å². The van der Waals surface area contributed by atoms with E-state index in [4.69, 9.17) is 16.0 Å². The van der Waals surface area contributed by atoms with Crippen LogP contribution < -0.4 is 5.32 Å². The third-order valence-corrected chi connectivity index (χ3v) is 3.09. The Balaban J connectivity index is 2.42. The molecule has 1 aromatic rings. The predicted molar refractivity (Wildman–Crippen MR) is 63.6 cm³/mol. The summed E-state index contributed by atoms with van der Waals surface area (Å²) < 4.78 is 5.00. The van der Waals surface area contributed by atoms with Gasteiger partial charge in [0.2, 0.25) is 0 Å². The predicted octanol–water partition coefficient (Wildman–Crippen LogP) is 2.80. The summed E-state index contributed by atoms with van der Waals surface area (Å²) in [7, 11) is 0. The van der Waals surface area contributed by atoms with E-state index in [2.05, 4.69) is 12.2 Å². The van der Waals surface area contributed by atoms with Crippen LogP contribution in [0.3, 0.4) is 0 Å². The second kappa shape index (κ2) is 6.08. The summed E-state index contributed by atoms with van der Waals surface area (Å²) in [4.78, 5) is 11.6. The Morgan fingerprint density at radius 3 is 2.93 bits per heavy atom. The SMILES string of the molecule is CCSCC(C)NC(=O)c1ccc(Cl)o1. The molecule has 84 valence electrons. The Morgan fingerprint density at radius 2 is 2.40 bits per heavy atom. The van der Waals surface area contributed by atoms with Gasteiger partial charge < -0.3 is 9.73 Å². The normalized spacial score (nSPS) is 12.5. The van der Waals surface area contributed by atoms with Gasteiger partial charge in [-0.2, -0.15) is 11.8 Å². The molecule has 3 nitrogen and oxygen atoms in total. The molecule has 0 aliphatic rings. The number of hydrogen-bond acceptors (Lipinski definition) is 3. The smallest absolute Gasteiger partial charge is 0.287 e. The summed E-state index contributed by atoms with van der Waals surface area (Å²) in [6, 6.07) is 3.26. The van der Waals surface area contributed by atoms with Crippen molar-refractivity contribution < 1.29 is 9.21 Å². The Hall–Kier alpha value is -0.610. The zero-order valence-corrected chi connectivity index (χ0v) is 10.3. The molecule has 0 radical (unpaired) electrons. The molecule has 1 rings (SSSR count). The summed E-state index contributed by atoms with van der Waals surface area (Å²) >= 11 is 7.36. The van der Waals surface area contributed by atoms with E-state index in [1.54, 1.807) is 23.9 Å². The van der Waals surface area contributed by atoms with Gasteiger partial charge in [-0.1, -0.05) is 6.92 Å². The molecule has 0 spiro atoms. The largest absolute Gasteiger partial charge is 0.440 e. The second-order valence-corrected chi connectivity index (χ2v) is 4.83. The highest BCUT2D eigenvalue weighted by Crippen LogP contribution is 2.13. The van der Waals surface area contributed by atoms with Crippen molar-refractivity contribution in [1.29, 1.82) is 0 Å². The summed E-state index contributed by atoms with van der Waals surface area (Å²) in [5, 5.41) is 3.06. The zero-order valence-electron chi connectivity index (χ0n) is 8.75. The summed E-state index contributed by atoms with van der Waals surface area (Å²) in [6.45, 7) is 4.05. The monoisotopic (exact) mass is 247 g/mol. The molecule has 1 aromatic heterocycles. The highest BCUT2D eigenvalue weighted by molar-refractivity contribution is 7.99. The quantitative estimate of drug-likeness (QED) is 0.870. The fourth-order valence-corrected chi connectivity index (χ4v) is 1.89. The molecular weight excluding hydrogens is 234 g/mol. The van der Waals surface area contributed by atoms with E-state index in [1.807, 2.05) is 6.92 Å². The Kier molecular flexibility index (Phi) is 5.05. The number of carbonyl (C=O) groups excluding carboxylic acids is 1. The van der Waals surface area contributed by atoms with Crippen LogP contribution in [0.2, 0.25) is 5.22 Å². The Bertz CT molecular complexity index is 327. The van der Waals surface area contributed by atoms with E-state index in [0.29, 0.717) is 0 Å². The number of nitrogens with one attached hydrogen (secondary N) is 1. The minimum Gasteiger partial charge on any atom is -0.440 e. The van der Waals surface area contributed by atoms with E-state index < -0.39 is 0 Å². The lowest BCUT2D eigenvalue weighted by Crippen LogP contribution is -2.34. The van der Waals surface area contributed by atoms with Gasteiger partial charge >= 0.3 is 0 Å². The second-order valence-electron chi connectivity index (χ2n) is 3.14. The van der Waals surface area contributed by atoms with Crippen LogP contribution in [0, 0.1) is 0 Å². The standard InChI is InChI=1S/C10H14ClNO2S/c1-3-15-6-7(2)12-10(13)8-4-5-9(11)14-8/h4-5,7H,3,6H2,1-2H3,(H,12,13). The van der Waals surface area contributed by atoms with Crippen LogP contribution in [0.4, 0.5) is 0 Å². The minimum absolute atomic E-state index is 0.131. The van der Waals surface area contributed by atoms with Crippen molar-refractivity contribution in [2.75, 3.05) is 11.5 Å². The Labute approximate surface area is 98.6 Å². The molecule has 0 aliphatic heterocycles. The number of furan rings is 1. The number of carbonyl (C=O) groups is 1. The minimum atomic E-state index is -0.217. The molecule has 5 heteroatoms. The van der Waals surface area contributed by atoms with E-state index in [9.17, 15) is 4.79 Å². The molecule has 15 heavy (non-hydrogen) atoms. The van der Waals surface area contributed by atoms with E-state index in [1.165, 1.54) is 0 Å². The Morgan fingerprint density at radius 1 is 1.67 bits per heavy atom. The summed E-state index contributed by atoms with van der Waals surface area (Å²) in [5.74, 6) is 1.99. The molecule has 1 amide bonds. The van der Waals surface area contributed by atoms with Crippen LogP contribution in [-0.4, -0.2) is 23.5 Å². The molecule has 0 saturated carbocycles. The molecule has 1 N–H and O–H groups in total. The molecule has 1 atom stereocenters. The van der Waals surface area contributed by atoms with Gasteiger partial charge in [0.25, 0.3) is 5.91 Å². The third-order valence-electron chi connectivity index (χ3n) is 1.75. The molecule has 0 bridgehead atoms. The van der Waals surface area contributed by atoms with E-state index in [-0.39, 0.29) is 22.9 Å². The van der Waals surface area contributed by atoms with Gasteiger partial charge in [-0.25, -0.2) is 0 Å². The lowest BCUT2D eigenvalue weighted by atomic mass is 10.3. The van der Waals surface area contributed by atoms with E-state index in [0.717, 1.165) is 11.5 Å². The van der Waals surface area contributed by atoms with Gasteiger partial charge in [-0.3, -0.25) is 4.79 Å². The van der Waals surface area contributed by atoms with Crippen molar-refractivity contribution in [3.05, 3.63) is 23.1 Å². The average Bonchev–Trinajstić information content (AvgIpc) is 2.61. The highest BCUT2D eigenvalue weighted by Gasteiger charge is 2.12. The average molecular weight is 248 g/mol. The van der Waals surface area contributed by atoms with Gasteiger partial charge in [0, 0.05) is 11.8 Å². The van der Waals surface area contributed by atoms with Crippen LogP contribution in [0.15, 0.2) is 16.5 Å². The van der Waals surface area contributed by atoms with Gasteiger partial charge in [0.05, 0.1) is 0 Å². The fraction of sp³-hybridized carbons (Fsp3) is 0.500. The molecular formula is C10H14ClNO2S. The van der Waals surface area contributed by atoms with Crippen molar-refractivity contribution in [2.45, 2.75) is 19.9 Å². The third kappa shape index (κ3) is 4.18. The number of amides is 1. The zero-order chi connectivity index (χ0) is 11.3. The van der Waals surface area contributed by atoms with Crippen molar-refractivity contribution in [2.24, 2.45) is 0 Å². The van der Waals surface area contributed by atoms with Crippen LogP contribution >= 0.6 is 23.4 Å². The van der Waals surface area contributed by atoms with Crippen molar-refractivity contribution in [3.8, 4) is 0 Å². The molecule has 0 aromatic carbocycles. The number of halogens is 1. The molecule has 0 fully saturated rings. The number of hydrogen-bond donors (Lipinski definition) is 1. The maximum Gasteiger partial charge on any atom is 0.287 e. The van der Waals surface area contributed by atoms with Crippen LogP contribution in [0.25, 0.3) is 0 Å². The van der Waals surface area contributed by atoms with Crippen molar-refractivity contribution in [1.82, 2.24) is 5.32 Å². The van der Waals surface area contributed by atoms with Crippen molar-refractivity contribution in [3.63, 3.8) is 0 Å². The van der Waals surface area contributed by atoms with E-state index >= 15 is 0 Å². The molecule has 0 aliphatic carbocycles. The first-order chi connectivity index (χ1) is 7.13. The van der Waals surface area contributed by atoms with Gasteiger partial charge in [-0.15, -0.1) is 0 Å². The highest BCUT2D eigenvalue weighted by atomic mass is 35.5. The first-order valence-electron chi connectivity index (χ1n) is 4.77. The fourth-order valence-electron chi connectivity index (χ4n) is 1.07. The molecule has 1 unspecified atom stereocenters. The van der Waals surface area contributed by atoms with Gasteiger partial charge in [0.1, 0.15) is 0 Å². The van der Waals surface area contributed by atoms with Gasteiger partial charge in [0.15, 0.2) is 11.0 Å². The first kappa shape index (κ1) is 12.5.